The van der Waals surface area contributed by atoms with Crippen LogP contribution in [0, 0.1) is 13.8 Å². The van der Waals surface area contributed by atoms with E-state index in [1.54, 1.807) is 16.0 Å². The van der Waals surface area contributed by atoms with E-state index in [0.29, 0.717) is 0 Å². The molecule has 0 aliphatic carbocycles. The van der Waals surface area contributed by atoms with Crippen molar-refractivity contribution < 1.29 is 0 Å². The lowest BCUT2D eigenvalue weighted by Gasteiger charge is -2.16. The van der Waals surface area contributed by atoms with Crippen LogP contribution < -0.4 is 5.32 Å². The monoisotopic (exact) mass is 312 g/mol. The van der Waals surface area contributed by atoms with Gasteiger partial charge >= 0.3 is 0 Å². The van der Waals surface area contributed by atoms with Crippen molar-refractivity contribution in [3.63, 3.8) is 0 Å². The zero-order valence-electron chi connectivity index (χ0n) is 12.4. The molecule has 110 valence electrons. The van der Waals surface area contributed by atoms with E-state index in [2.05, 4.69) is 22.3 Å². The van der Waals surface area contributed by atoms with Crippen LogP contribution in [0.3, 0.4) is 0 Å². The van der Waals surface area contributed by atoms with Gasteiger partial charge in [-0.3, -0.25) is 4.68 Å². The molecule has 1 N–H and O–H groups in total. The first-order valence-electron chi connectivity index (χ1n) is 6.86. The first kappa shape index (κ1) is 15.5. The first-order chi connectivity index (χ1) is 9.52. The molecule has 0 amide bonds. The zero-order valence-corrected chi connectivity index (χ0v) is 14.0. The average Bonchev–Trinajstić information content (AvgIpc) is 2.93. The van der Waals surface area contributed by atoms with Crippen molar-refractivity contribution >= 4 is 22.9 Å². The summed E-state index contributed by atoms with van der Waals surface area (Å²) < 4.78 is 1.74. The summed E-state index contributed by atoms with van der Waals surface area (Å²) in [7, 11) is 1.88. The molecule has 0 saturated heterocycles. The Kier molecular flexibility index (Phi) is 5.18. The Hall–Kier alpha value is -0.910. The van der Waals surface area contributed by atoms with Crippen LogP contribution in [0.4, 0.5) is 0 Å². The van der Waals surface area contributed by atoms with Crippen molar-refractivity contribution in [1.82, 2.24) is 20.1 Å². The van der Waals surface area contributed by atoms with Gasteiger partial charge in [0.25, 0.3) is 0 Å². The molecule has 0 spiro atoms. The maximum absolute atomic E-state index is 6.35. The van der Waals surface area contributed by atoms with Gasteiger partial charge in [0.15, 0.2) is 0 Å². The largest absolute Gasteiger partial charge is 0.309 e. The van der Waals surface area contributed by atoms with Gasteiger partial charge in [0.2, 0.25) is 0 Å². The van der Waals surface area contributed by atoms with Crippen LogP contribution in [0.15, 0.2) is 6.20 Å². The van der Waals surface area contributed by atoms with Crippen molar-refractivity contribution in [1.29, 1.82) is 0 Å². The van der Waals surface area contributed by atoms with E-state index in [9.17, 15) is 0 Å². The van der Waals surface area contributed by atoms with Gasteiger partial charge in [0.05, 0.1) is 10.7 Å². The quantitative estimate of drug-likeness (QED) is 0.888. The van der Waals surface area contributed by atoms with E-state index in [1.807, 2.05) is 27.1 Å². The van der Waals surface area contributed by atoms with Crippen LogP contribution in [0.5, 0.6) is 0 Å². The fourth-order valence-electron chi connectivity index (χ4n) is 2.24. The fraction of sp³-hybridized carbons (Fsp3) is 0.571. The number of halogens is 1. The SMILES string of the molecule is CCCNC(Cc1c(C)nn(C)c1Cl)c1cnc(C)s1. The number of nitrogens with zero attached hydrogens (tertiary/aromatic N) is 3. The number of nitrogens with one attached hydrogen (secondary N) is 1. The van der Waals surface area contributed by atoms with E-state index in [1.165, 1.54) is 4.88 Å². The maximum atomic E-state index is 6.35. The summed E-state index contributed by atoms with van der Waals surface area (Å²) in [6.07, 6.45) is 3.92. The summed E-state index contributed by atoms with van der Waals surface area (Å²) in [4.78, 5) is 5.62. The molecule has 0 radical (unpaired) electrons. The summed E-state index contributed by atoms with van der Waals surface area (Å²) in [5, 5.41) is 9.80. The molecule has 0 bridgehead atoms. The highest BCUT2D eigenvalue weighted by molar-refractivity contribution is 7.11. The first-order valence-corrected chi connectivity index (χ1v) is 8.06. The summed E-state index contributed by atoms with van der Waals surface area (Å²) in [6.45, 7) is 7.20. The molecule has 0 aromatic carbocycles. The van der Waals surface area contributed by atoms with Gasteiger partial charge in [-0.2, -0.15) is 5.10 Å². The zero-order chi connectivity index (χ0) is 14.7. The molecule has 6 heteroatoms. The second kappa shape index (κ2) is 6.70. The van der Waals surface area contributed by atoms with E-state index >= 15 is 0 Å². The molecular weight excluding hydrogens is 292 g/mol. The molecular formula is C14H21ClN4S. The molecule has 4 nitrogen and oxygen atoms in total. The van der Waals surface area contributed by atoms with Gasteiger partial charge in [-0.15, -0.1) is 11.3 Å². The lowest BCUT2D eigenvalue weighted by atomic mass is 10.1. The van der Waals surface area contributed by atoms with Crippen LogP contribution in [-0.2, 0) is 13.5 Å². The predicted molar refractivity (Wildman–Crippen MR) is 84.5 cm³/mol. The van der Waals surface area contributed by atoms with Gasteiger partial charge in [-0.25, -0.2) is 4.98 Å². The summed E-state index contributed by atoms with van der Waals surface area (Å²) >= 11 is 8.09. The molecule has 0 aliphatic heterocycles. The van der Waals surface area contributed by atoms with E-state index in [-0.39, 0.29) is 6.04 Å². The Morgan fingerprint density at radius 2 is 2.20 bits per heavy atom. The second-order valence-electron chi connectivity index (χ2n) is 4.97. The minimum Gasteiger partial charge on any atom is -0.309 e. The average molecular weight is 313 g/mol. The predicted octanol–water partition coefficient (Wildman–Crippen LogP) is 3.43. The Morgan fingerprint density at radius 1 is 1.45 bits per heavy atom. The number of thiazole rings is 1. The second-order valence-corrected chi connectivity index (χ2v) is 6.60. The van der Waals surface area contributed by atoms with E-state index in [0.717, 1.165) is 40.8 Å². The third-order valence-corrected chi connectivity index (χ3v) is 4.80. The Labute approximate surface area is 129 Å². The van der Waals surface area contributed by atoms with Crippen LogP contribution in [-0.4, -0.2) is 21.3 Å². The maximum Gasteiger partial charge on any atom is 0.130 e. The molecule has 0 fully saturated rings. The van der Waals surface area contributed by atoms with Crippen LogP contribution in [0.25, 0.3) is 0 Å². The number of hydrogen-bond donors (Lipinski definition) is 1. The smallest absolute Gasteiger partial charge is 0.130 e. The van der Waals surface area contributed by atoms with Crippen molar-refractivity contribution in [2.24, 2.45) is 7.05 Å². The van der Waals surface area contributed by atoms with Crippen molar-refractivity contribution in [2.75, 3.05) is 6.54 Å². The minimum atomic E-state index is 0.251. The number of aryl methyl sites for hydroxylation is 3. The number of rotatable bonds is 6. The molecule has 0 saturated carbocycles. The highest BCUT2D eigenvalue weighted by atomic mass is 35.5. The Balaban J connectivity index is 2.23. The third kappa shape index (κ3) is 3.40. The van der Waals surface area contributed by atoms with Crippen molar-refractivity contribution in [3.05, 3.63) is 32.5 Å². The molecule has 1 unspecified atom stereocenters. The molecule has 2 aromatic rings. The third-order valence-electron chi connectivity index (χ3n) is 3.30. The molecule has 2 rings (SSSR count). The highest BCUT2D eigenvalue weighted by Crippen LogP contribution is 2.28. The van der Waals surface area contributed by atoms with Crippen molar-refractivity contribution in [2.45, 2.75) is 39.7 Å². The lowest BCUT2D eigenvalue weighted by Crippen LogP contribution is -2.23. The number of hydrogen-bond acceptors (Lipinski definition) is 4. The molecule has 0 aliphatic rings. The van der Waals surface area contributed by atoms with Gasteiger partial charge < -0.3 is 5.32 Å². The number of aromatic nitrogens is 3. The summed E-state index contributed by atoms with van der Waals surface area (Å²) in [6, 6.07) is 0.251. The highest BCUT2D eigenvalue weighted by Gasteiger charge is 2.19. The van der Waals surface area contributed by atoms with Crippen molar-refractivity contribution in [3.8, 4) is 0 Å². The molecule has 1 atom stereocenters. The standard InChI is InChI=1S/C14H21ClN4S/c1-5-6-16-12(13-8-17-10(3)20-13)7-11-9(2)18-19(4)14(11)15/h8,12,16H,5-7H2,1-4H3. The lowest BCUT2D eigenvalue weighted by molar-refractivity contribution is 0.535. The molecule has 2 aromatic heterocycles. The summed E-state index contributed by atoms with van der Waals surface area (Å²) in [5.74, 6) is 0. The van der Waals surface area contributed by atoms with E-state index < -0.39 is 0 Å². The molecule has 20 heavy (non-hydrogen) atoms. The Morgan fingerprint density at radius 3 is 2.70 bits per heavy atom. The van der Waals surface area contributed by atoms with E-state index in [4.69, 9.17) is 11.6 Å². The van der Waals surface area contributed by atoms with Crippen LogP contribution >= 0.6 is 22.9 Å². The Bertz CT molecular complexity index is 576. The van der Waals surface area contributed by atoms with Gasteiger partial charge in [-0.1, -0.05) is 18.5 Å². The fourth-order valence-corrected chi connectivity index (χ4v) is 3.35. The van der Waals surface area contributed by atoms with Crippen LogP contribution in [0.1, 0.15) is 40.5 Å². The molecule has 2 heterocycles. The van der Waals surface area contributed by atoms with Gasteiger partial charge in [-0.05, 0) is 33.2 Å². The van der Waals surface area contributed by atoms with Gasteiger partial charge in [0.1, 0.15) is 5.15 Å². The van der Waals surface area contributed by atoms with Crippen LogP contribution in [0.2, 0.25) is 5.15 Å². The topological polar surface area (TPSA) is 42.7 Å². The minimum absolute atomic E-state index is 0.251. The van der Waals surface area contributed by atoms with Gasteiger partial charge in [0, 0.05) is 29.7 Å². The summed E-state index contributed by atoms with van der Waals surface area (Å²) in [5.41, 5.74) is 2.12. The normalized spacial score (nSPS) is 12.8.